The molecule has 0 aliphatic rings. The average Bonchev–Trinajstić information content (AvgIpc) is 2.51. The van der Waals surface area contributed by atoms with Crippen molar-refractivity contribution in [2.24, 2.45) is 0 Å². The molecule has 0 atom stereocenters. The van der Waals surface area contributed by atoms with E-state index in [4.69, 9.17) is 17.3 Å². The van der Waals surface area contributed by atoms with Gasteiger partial charge < -0.3 is 16.2 Å². The van der Waals surface area contributed by atoms with Gasteiger partial charge in [-0.25, -0.2) is 0 Å². The molecule has 5 N–H and O–H groups in total. The molecule has 0 saturated carbocycles. The number of nitrogens with one attached hydrogen (secondary N) is 2. The van der Waals surface area contributed by atoms with Crippen molar-refractivity contribution < 1.29 is 19.5 Å². The zero-order chi connectivity index (χ0) is 17.0. The largest absolute Gasteiger partial charge is 0.506 e. The summed E-state index contributed by atoms with van der Waals surface area (Å²) in [6, 6.07) is 10.0. The summed E-state index contributed by atoms with van der Waals surface area (Å²) in [4.78, 5) is 35.4. The third-order valence-electron chi connectivity index (χ3n) is 2.85. The van der Waals surface area contributed by atoms with Gasteiger partial charge in [0.25, 0.3) is 5.91 Å². The van der Waals surface area contributed by atoms with E-state index >= 15 is 0 Å². The van der Waals surface area contributed by atoms with Crippen molar-refractivity contribution in [3.8, 4) is 5.75 Å². The first kappa shape index (κ1) is 16.3. The van der Waals surface area contributed by atoms with E-state index in [1.807, 2.05) is 5.32 Å². The third kappa shape index (κ3) is 3.98. The number of imide groups is 1. The van der Waals surface area contributed by atoms with Crippen LogP contribution in [-0.2, 0) is 9.59 Å². The monoisotopic (exact) mass is 333 g/mol. The lowest BCUT2D eigenvalue weighted by molar-refractivity contribution is -0.135. The number of aromatic hydroxyl groups is 1. The molecule has 2 rings (SSSR count). The quantitative estimate of drug-likeness (QED) is 0.377. The van der Waals surface area contributed by atoms with Crippen molar-refractivity contribution in [3.63, 3.8) is 0 Å². The van der Waals surface area contributed by atoms with E-state index in [0.717, 1.165) is 0 Å². The van der Waals surface area contributed by atoms with E-state index in [2.05, 4.69) is 5.32 Å². The van der Waals surface area contributed by atoms with Crippen molar-refractivity contribution in [2.75, 3.05) is 11.1 Å². The maximum absolute atomic E-state index is 11.9. The molecule has 0 heterocycles. The molecule has 0 spiro atoms. The number of carbonyl (C=O) groups is 3. The molecule has 118 valence electrons. The number of amides is 3. The molecule has 0 fully saturated rings. The van der Waals surface area contributed by atoms with Gasteiger partial charge in [-0.15, -0.1) is 0 Å². The van der Waals surface area contributed by atoms with E-state index in [1.54, 1.807) is 12.1 Å². The van der Waals surface area contributed by atoms with Gasteiger partial charge in [-0.3, -0.25) is 19.7 Å². The summed E-state index contributed by atoms with van der Waals surface area (Å²) in [5.41, 5.74) is 5.80. The number of phenols is 1. The molecule has 2 aromatic rings. The summed E-state index contributed by atoms with van der Waals surface area (Å²) in [5.74, 6) is -3.41. The Kier molecular flexibility index (Phi) is 4.82. The minimum Gasteiger partial charge on any atom is -0.506 e. The molecule has 8 heteroatoms. The van der Waals surface area contributed by atoms with Crippen LogP contribution in [0.5, 0.6) is 5.75 Å². The minimum absolute atomic E-state index is 0.0516. The SMILES string of the molecule is Nc1ccccc1C(=O)NC(=O)C(=O)Nc1cc(Cl)ccc1O. The fraction of sp³-hybridized carbons (Fsp3) is 0. The lowest BCUT2D eigenvalue weighted by Gasteiger charge is -2.08. The second-order valence-corrected chi connectivity index (χ2v) is 4.92. The van der Waals surface area contributed by atoms with Crippen LogP contribution in [0.2, 0.25) is 5.02 Å². The van der Waals surface area contributed by atoms with Crippen LogP contribution in [0.25, 0.3) is 0 Å². The Morgan fingerprint density at radius 3 is 2.43 bits per heavy atom. The zero-order valence-corrected chi connectivity index (χ0v) is 12.4. The number of para-hydroxylation sites is 1. The second kappa shape index (κ2) is 6.80. The van der Waals surface area contributed by atoms with E-state index in [1.165, 1.54) is 30.3 Å². The summed E-state index contributed by atoms with van der Waals surface area (Å²) in [7, 11) is 0. The van der Waals surface area contributed by atoms with Crippen molar-refractivity contribution in [1.29, 1.82) is 0 Å². The summed E-state index contributed by atoms with van der Waals surface area (Å²) >= 11 is 5.73. The Morgan fingerprint density at radius 2 is 1.74 bits per heavy atom. The highest BCUT2D eigenvalue weighted by Gasteiger charge is 2.20. The average molecular weight is 334 g/mol. The molecular formula is C15H12ClN3O4. The van der Waals surface area contributed by atoms with Crippen LogP contribution in [0.4, 0.5) is 11.4 Å². The van der Waals surface area contributed by atoms with Crippen LogP contribution >= 0.6 is 11.6 Å². The van der Waals surface area contributed by atoms with E-state index in [-0.39, 0.29) is 27.7 Å². The van der Waals surface area contributed by atoms with Crippen molar-refractivity contribution >= 4 is 40.7 Å². The van der Waals surface area contributed by atoms with Crippen LogP contribution < -0.4 is 16.4 Å². The molecule has 0 aliphatic carbocycles. The molecule has 0 radical (unpaired) electrons. The van der Waals surface area contributed by atoms with Gasteiger partial charge >= 0.3 is 11.8 Å². The number of hydrogen-bond donors (Lipinski definition) is 4. The standard InChI is InChI=1S/C15H12ClN3O4/c16-8-5-6-12(20)11(7-8)18-14(22)15(23)19-13(21)9-3-1-2-4-10(9)17/h1-7,20H,17H2,(H,18,22)(H,19,21,23). The first-order chi connectivity index (χ1) is 10.9. The minimum atomic E-state index is -1.20. The van der Waals surface area contributed by atoms with Gasteiger partial charge in [0, 0.05) is 10.7 Å². The maximum Gasteiger partial charge on any atom is 0.316 e. The summed E-state index contributed by atoms with van der Waals surface area (Å²) in [6.07, 6.45) is 0. The lowest BCUT2D eigenvalue weighted by Crippen LogP contribution is -2.39. The Hall–Kier alpha value is -3.06. The van der Waals surface area contributed by atoms with Crippen molar-refractivity contribution in [1.82, 2.24) is 5.32 Å². The van der Waals surface area contributed by atoms with E-state index < -0.39 is 17.7 Å². The first-order valence-corrected chi connectivity index (χ1v) is 6.76. The van der Waals surface area contributed by atoms with Gasteiger partial charge in [0.2, 0.25) is 0 Å². The van der Waals surface area contributed by atoms with Gasteiger partial charge in [0.1, 0.15) is 5.75 Å². The van der Waals surface area contributed by atoms with Gasteiger partial charge in [0.15, 0.2) is 0 Å². The molecule has 0 unspecified atom stereocenters. The Bertz CT molecular complexity index is 792. The maximum atomic E-state index is 11.9. The highest BCUT2D eigenvalue weighted by Crippen LogP contribution is 2.26. The van der Waals surface area contributed by atoms with Crippen LogP contribution in [0.15, 0.2) is 42.5 Å². The van der Waals surface area contributed by atoms with Gasteiger partial charge in [-0.2, -0.15) is 0 Å². The molecular weight excluding hydrogens is 322 g/mol. The number of benzene rings is 2. The van der Waals surface area contributed by atoms with E-state index in [0.29, 0.717) is 0 Å². The first-order valence-electron chi connectivity index (χ1n) is 6.38. The highest BCUT2D eigenvalue weighted by atomic mass is 35.5. The number of carbonyl (C=O) groups excluding carboxylic acids is 3. The Balaban J connectivity index is 2.06. The second-order valence-electron chi connectivity index (χ2n) is 4.49. The zero-order valence-electron chi connectivity index (χ0n) is 11.7. The summed E-state index contributed by atoms with van der Waals surface area (Å²) < 4.78 is 0. The van der Waals surface area contributed by atoms with Crippen LogP contribution in [0, 0.1) is 0 Å². The van der Waals surface area contributed by atoms with Gasteiger partial charge in [0.05, 0.1) is 11.3 Å². The fourth-order valence-electron chi connectivity index (χ4n) is 1.72. The van der Waals surface area contributed by atoms with E-state index in [9.17, 15) is 19.5 Å². The molecule has 0 aliphatic heterocycles. The molecule has 7 nitrogen and oxygen atoms in total. The number of nitrogens with two attached hydrogens (primary N) is 1. The predicted molar refractivity (Wildman–Crippen MR) is 85.1 cm³/mol. The third-order valence-corrected chi connectivity index (χ3v) is 3.08. The fourth-order valence-corrected chi connectivity index (χ4v) is 1.89. The van der Waals surface area contributed by atoms with Crippen LogP contribution in [-0.4, -0.2) is 22.8 Å². The number of nitrogen functional groups attached to an aromatic ring is 1. The lowest BCUT2D eigenvalue weighted by atomic mass is 10.1. The number of rotatable bonds is 2. The summed E-state index contributed by atoms with van der Waals surface area (Å²) in [6.45, 7) is 0. The molecule has 3 amide bonds. The van der Waals surface area contributed by atoms with Gasteiger partial charge in [-0.05, 0) is 30.3 Å². The highest BCUT2D eigenvalue weighted by molar-refractivity contribution is 6.42. The Morgan fingerprint density at radius 1 is 1.04 bits per heavy atom. The van der Waals surface area contributed by atoms with Crippen LogP contribution in [0.3, 0.4) is 0 Å². The number of hydrogen-bond acceptors (Lipinski definition) is 5. The van der Waals surface area contributed by atoms with Crippen LogP contribution in [0.1, 0.15) is 10.4 Å². The molecule has 23 heavy (non-hydrogen) atoms. The molecule has 0 bridgehead atoms. The normalized spacial score (nSPS) is 9.96. The smallest absolute Gasteiger partial charge is 0.316 e. The predicted octanol–water partition coefficient (Wildman–Crippen LogP) is 1.52. The topological polar surface area (TPSA) is 122 Å². The molecule has 0 saturated heterocycles. The van der Waals surface area contributed by atoms with Gasteiger partial charge in [-0.1, -0.05) is 23.7 Å². The number of anilines is 2. The van der Waals surface area contributed by atoms with Crippen molar-refractivity contribution in [3.05, 3.63) is 53.1 Å². The molecule has 2 aromatic carbocycles. The number of phenolic OH excluding ortho intramolecular Hbond substituents is 1. The summed E-state index contributed by atoms with van der Waals surface area (Å²) in [5, 5.41) is 13.9. The number of halogens is 1. The van der Waals surface area contributed by atoms with Crippen molar-refractivity contribution in [2.45, 2.75) is 0 Å². The molecule has 0 aromatic heterocycles. The Labute approximate surface area is 136 Å².